The van der Waals surface area contributed by atoms with Gasteiger partial charge in [-0.05, 0) is 55.2 Å². The fourth-order valence-corrected chi connectivity index (χ4v) is 5.61. The van der Waals surface area contributed by atoms with E-state index in [1.165, 1.54) is 18.4 Å². The standard InChI is InChI=1S/C27H31N3O3S/c1-4-6-7-19-8-11-21(12-9-19)29-17-30-26(31)15-22(23(16-28)27(30)34-18-29)20-10-13-24(33-5-2)25(14-20)32-3/h8-14,22H,4-7,15,17-18H2,1-3H3/t22-/m0/s1. The van der Waals surface area contributed by atoms with E-state index in [0.29, 0.717) is 36.2 Å². The number of hydrogen-bond acceptors (Lipinski definition) is 6. The average Bonchev–Trinajstić information content (AvgIpc) is 2.88. The molecule has 0 saturated carbocycles. The van der Waals surface area contributed by atoms with Gasteiger partial charge >= 0.3 is 0 Å². The van der Waals surface area contributed by atoms with Crippen molar-refractivity contribution in [2.75, 3.05) is 31.2 Å². The highest BCUT2D eigenvalue weighted by atomic mass is 32.2. The smallest absolute Gasteiger partial charge is 0.229 e. The van der Waals surface area contributed by atoms with Crippen LogP contribution in [0, 0.1) is 11.3 Å². The summed E-state index contributed by atoms with van der Waals surface area (Å²) in [4.78, 5) is 17.2. The van der Waals surface area contributed by atoms with Crippen molar-refractivity contribution in [3.8, 4) is 17.6 Å². The Morgan fingerprint density at radius 2 is 1.94 bits per heavy atom. The number of methoxy groups -OCH3 is 1. The fraction of sp³-hybridized carbons (Fsp3) is 0.407. The van der Waals surface area contributed by atoms with Gasteiger partial charge in [-0.25, -0.2) is 0 Å². The van der Waals surface area contributed by atoms with Gasteiger partial charge in [-0.1, -0.05) is 43.3 Å². The van der Waals surface area contributed by atoms with Crippen molar-refractivity contribution < 1.29 is 14.3 Å². The zero-order valence-electron chi connectivity index (χ0n) is 20.0. The van der Waals surface area contributed by atoms with Crippen LogP contribution in [0.4, 0.5) is 5.69 Å². The monoisotopic (exact) mass is 477 g/mol. The highest BCUT2D eigenvalue weighted by Gasteiger charge is 2.38. The number of anilines is 1. The van der Waals surface area contributed by atoms with Crippen LogP contribution in [0.3, 0.4) is 0 Å². The highest BCUT2D eigenvalue weighted by Crippen LogP contribution is 2.44. The summed E-state index contributed by atoms with van der Waals surface area (Å²) >= 11 is 1.56. The van der Waals surface area contributed by atoms with E-state index in [1.54, 1.807) is 23.8 Å². The predicted octanol–water partition coefficient (Wildman–Crippen LogP) is 5.66. The predicted molar refractivity (Wildman–Crippen MR) is 136 cm³/mol. The van der Waals surface area contributed by atoms with Gasteiger partial charge in [0, 0.05) is 18.0 Å². The zero-order chi connectivity index (χ0) is 24.1. The van der Waals surface area contributed by atoms with Crippen LogP contribution < -0.4 is 14.4 Å². The molecule has 0 bridgehead atoms. The second-order valence-electron chi connectivity index (χ2n) is 8.48. The summed E-state index contributed by atoms with van der Waals surface area (Å²) in [7, 11) is 1.60. The van der Waals surface area contributed by atoms with Crippen LogP contribution in [-0.2, 0) is 11.2 Å². The highest BCUT2D eigenvalue weighted by molar-refractivity contribution is 8.03. The number of carbonyl (C=O) groups is 1. The molecule has 4 rings (SSSR count). The van der Waals surface area contributed by atoms with E-state index in [2.05, 4.69) is 42.2 Å². The first-order valence-corrected chi connectivity index (χ1v) is 12.8. The van der Waals surface area contributed by atoms with Gasteiger partial charge in [0.1, 0.15) is 0 Å². The van der Waals surface area contributed by atoms with Crippen molar-refractivity contribution in [3.63, 3.8) is 0 Å². The lowest BCUT2D eigenvalue weighted by atomic mass is 9.86. The minimum absolute atomic E-state index is 0.0311. The van der Waals surface area contributed by atoms with Crippen LogP contribution in [0.1, 0.15) is 50.2 Å². The Morgan fingerprint density at radius 3 is 2.62 bits per heavy atom. The number of allylic oxidation sites excluding steroid dienone is 1. The van der Waals surface area contributed by atoms with Gasteiger partial charge in [0.2, 0.25) is 5.91 Å². The van der Waals surface area contributed by atoms with Gasteiger partial charge in [0.25, 0.3) is 0 Å². The molecule has 0 unspecified atom stereocenters. The Balaban J connectivity index is 1.57. The lowest BCUT2D eigenvalue weighted by Crippen LogP contribution is -2.47. The summed E-state index contributed by atoms with van der Waals surface area (Å²) < 4.78 is 11.1. The van der Waals surface area contributed by atoms with Crippen molar-refractivity contribution in [2.45, 2.75) is 45.4 Å². The molecule has 1 atom stereocenters. The number of carbonyl (C=O) groups excluding carboxylic acids is 1. The van der Waals surface area contributed by atoms with Crippen LogP contribution in [0.15, 0.2) is 53.1 Å². The summed E-state index contributed by atoms with van der Waals surface area (Å²) in [5, 5.41) is 10.8. The minimum Gasteiger partial charge on any atom is -0.493 e. The molecule has 7 heteroatoms. The molecule has 178 valence electrons. The topological polar surface area (TPSA) is 65.8 Å². The molecular weight excluding hydrogens is 446 g/mol. The van der Waals surface area contributed by atoms with Gasteiger partial charge < -0.3 is 14.4 Å². The fourth-order valence-electron chi connectivity index (χ4n) is 4.44. The maximum absolute atomic E-state index is 13.2. The molecule has 0 spiro atoms. The molecule has 2 aliphatic rings. The molecule has 6 nitrogen and oxygen atoms in total. The van der Waals surface area contributed by atoms with E-state index in [4.69, 9.17) is 9.47 Å². The molecule has 1 amide bonds. The number of ether oxygens (including phenoxy) is 2. The average molecular weight is 478 g/mol. The second-order valence-corrected chi connectivity index (χ2v) is 9.41. The normalized spacial score (nSPS) is 17.9. The van der Waals surface area contributed by atoms with Gasteiger partial charge in [0.05, 0.1) is 42.9 Å². The molecule has 34 heavy (non-hydrogen) atoms. The number of amides is 1. The first-order chi connectivity index (χ1) is 16.6. The molecule has 2 aliphatic heterocycles. The lowest BCUT2D eigenvalue weighted by Gasteiger charge is -2.42. The minimum atomic E-state index is -0.287. The number of fused-ring (bicyclic) bond motifs is 1. The van der Waals surface area contributed by atoms with Crippen LogP contribution in [0.25, 0.3) is 0 Å². The third-order valence-corrected chi connectivity index (χ3v) is 7.46. The molecule has 2 aromatic rings. The number of unbranched alkanes of at least 4 members (excludes halogenated alkanes) is 1. The van der Waals surface area contributed by atoms with Crippen molar-refractivity contribution in [2.24, 2.45) is 0 Å². The third-order valence-electron chi connectivity index (χ3n) is 6.30. The molecule has 2 heterocycles. The van der Waals surface area contributed by atoms with Gasteiger partial charge in [0.15, 0.2) is 11.5 Å². The van der Waals surface area contributed by atoms with E-state index in [0.717, 1.165) is 22.7 Å². The molecule has 0 N–H and O–H groups in total. The Hall–Kier alpha value is -3.11. The summed E-state index contributed by atoms with van der Waals surface area (Å²) in [6.45, 7) is 5.12. The molecule has 1 fully saturated rings. The Kier molecular flexibility index (Phi) is 7.69. The lowest BCUT2D eigenvalue weighted by molar-refractivity contribution is -0.129. The summed E-state index contributed by atoms with van der Waals surface area (Å²) in [6, 6.07) is 16.7. The first-order valence-electron chi connectivity index (χ1n) is 11.8. The Morgan fingerprint density at radius 1 is 1.15 bits per heavy atom. The molecule has 1 saturated heterocycles. The van der Waals surface area contributed by atoms with E-state index < -0.39 is 0 Å². The zero-order valence-corrected chi connectivity index (χ0v) is 20.9. The van der Waals surface area contributed by atoms with E-state index in [1.807, 2.05) is 25.1 Å². The van der Waals surface area contributed by atoms with Gasteiger partial charge in [-0.3, -0.25) is 9.69 Å². The number of thioether (sulfide) groups is 1. The molecule has 0 aliphatic carbocycles. The molecule has 0 aromatic heterocycles. The number of nitrogens with zero attached hydrogens (tertiary/aromatic N) is 3. The van der Waals surface area contributed by atoms with Crippen molar-refractivity contribution in [3.05, 3.63) is 64.2 Å². The Bertz CT molecular complexity index is 1110. The van der Waals surface area contributed by atoms with Crippen LogP contribution in [0.2, 0.25) is 0 Å². The Labute approximate surface area is 206 Å². The maximum Gasteiger partial charge on any atom is 0.229 e. The quantitative estimate of drug-likeness (QED) is 0.489. The number of aryl methyl sites for hydroxylation is 1. The van der Waals surface area contributed by atoms with Gasteiger partial charge in [-0.2, -0.15) is 5.26 Å². The molecule has 2 aromatic carbocycles. The van der Waals surface area contributed by atoms with Crippen LogP contribution in [0.5, 0.6) is 11.5 Å². The number of rotatable bonds is 8. The number of nitriles is 1. The van der Waals surface area contributed by atoms with Crippen molar-refractivity contribution >= 4 is 23.4 Å². The molecular formula is C27H31N3O3S. The first kappa shape index (κ1) is 24.0. The van der Waals surface area contributed by atoms with Crippen molar-refractivity contribution in [1.29, 1.82) is 5.26 Å². The number of benzene rings is 2. The van der Waals surface area contributed by atoms with Crippen LogP contribution in [-0.4, -0.2) is 37.1 Å². The van der Waals surface area contributed by atoms with E-state index >= 15 is 0 Å². The van der Waals surface area contributed by atoms with E-state index in [9.17, 15) is 10.1 Å². The molecule has 0 radical (unpaired) electrons. The summed E-state index contributed by atoms with van der Waals surface area (Å²) in [5.74, 6) is 1.71. The number of hydrogen-bond donors (Lipinski definition) is 0. The summed E-state index contributed by atoms with van der Waals surface area (Å²) in [5.41, 5.74) is 3.97. The van der Waals surface area contributed by atoms with Crippen molar-refractivity contribution in [1.82, 2.24) is 4.90 Å². The van der Waals surface area contributed by atoms with Gasteiger partial charge in [-0.15, -0.1) is 0 Å². The third kappa shape index (κ3) is 4.88. The summed E-state index contributed by atoms with van der Waals surface area (Å²) in [6.07, 6.45) is 3.72. The maximum atomic E-state index is 13.2. The van der Waals surface area contributed by atoms with Crippen LogP contribution >= 0.6 is 11.8 Å². The largest absolute Gasteiger partial charge is 0.493 e. The second kappa shape index (κ2) is 10.9. The SMILES string of the molecule is CCCCc1ccc(N2CSC3=C(C#N)[C@H](c4ccc(OCC)c(OC)c4)CC(=O)N3C2)cc1. The van der Waals surface area contributed by atoms with E-state index in [-0.39, 0.29) is 18.2 Å².